The number of hydrogen-bond donors (Lipinski definition) is 0. The standard InChI is InChI=1S/C21H27N3O4/c1-25-17-11-15-5-10-27-21(16(15)12-18(17)26-2)6-8-24(9-7-21)13-19-22-20(23-28-19)14-3-4-14/h11-12,14H,3-10,13H2,1-2H3. The highest BCUT2D eigenvalue weighted by Crippen LogP contribution is 2.45. The molecule has 28 heavy (non-hydrogen) atoms. The lowest BCUT2D eigenvalue weighted by Crippen LogP contribution is -2.46. The fourth-order valence-electron chi connectivity index (χ4n) is 4.50. The summed E-state index contributed by atoms with van der Waals surface area (Å²) in [5.41, 5.74) is 2.32. The third kappa shape index (κ3) is 3.16. The predicted octanol–water partition coefficient (Wildman–Crippen LogP) is 3.03. The number of ether oxygens (including phenoxy) is 3. The summed E-state index contributed by atoms with van der Waals surface area (Å²) in [6.45, 7) is 3.34. The highest BCUT2D eigenvalue weighted by molar-refractivity contribution is 5.50. The van der Waals surface area contributed by atoms with Crippen LogP contribution in [0.3, 0.4) is 0 Å². The summed E-state index contributed by atoms with van der Waals surface area (Å²) in [5.74, 6) is 3.70. The summed E-state index contributed by atoms with van der Waals surface area (Å²) in [7, 11) is 3.37. The van der Waals surface area contributed by atoms with E-state index in [2.05, 4.69) is 27.2 Å². The molecule has 0 unspecified atom stereocenters. The van der Waals surface area contributed by atoms with Crippen LogP contribution in [0.15, 0.2) is 16.7 Å². The molecule has 3 heterocycles. The molecule has 0 N–H and O–H groups in total. The Morgan fingerprint density at radius 2 is 1.89 bits per heavy atom. The number of aromatic nitrogens is 2. The van der Waals surface area contributed by atoms with E-state index in [0.29, 0.717) is 12.5 Å². The molecule has 5 rings (SSSR count). The van der Waals surface area contributed by atoms with Crippen LogP contribution in [-0.4, -0.2) is 49.0 Å². The third-order valence-corrected chi connectivity index (χ3v) is 6.30. The molecule has 1 aromatic carbocycles. The topological polar surface area (TPSA) is 69.9 Å². The van der Waals surface area contributed by atoms with Gasteiger partial charge in [-0.05, 0) is 55.4 Å². The normalized spacial score (nSPS) is 21.5. The molecule has 0 amide bonds. The first-order chi connectivity index (χ1) is 13.7. The highest BCUT2D eigenvalue weighted by atomic mass is 16.5. The van der Waals surface area contributed by atoms with Crippen LogP contribution in [0.2, 0.25) is 0 Å². The van der Waals surface area contributed by atoms with E-state index in [4.69, 9.17) is 18.7 Å². The maximum atomic E-state index is 6.37. The molecule has 1 aromatic heterocycles. The Bertz CT molecular complexity index is 853. The van der Waals surface area contributed by atoms with E-state index < -0.39 is 0 Å². The Morgan fingerprint density at radius 3 is 2.61 bits per heavy atom. The van der Waals surface area contributed by atoms with E-state index in [0.717, 1.165) is 62.2 Å². The molecule has 1 spiro atoms. The lowest BCUT2D eigenvalue weighted by molar-refractivity contribution is -0.0998. The number of fused-ring (bicyclic) bond motifs is 2. The van der Waals surface area contributed by atoms with E-state index in [1.54, 1.807) is 14.2 Å². The molecule has 1 saturated carbocycles. The summed E-state index contributed by atoms with van der Waals surface area (Å²) < 4.78 is 22.9. The SMILES string of the molecule is COc1cc2c(cc1OC)C1(CCN(Cc3nc(C4CC4)no3)CC1)OCC2. The molecule has 2 fully saturated rings. The van der Waals surface area contributed by atoms with Crippen molar-refractivity contribution in [2.45, 2.75) is 50.2 Å². The number of nitrogens with zero attached hydrogens (tertiary/aromatic N) is 3. The molecule has 2 aliphatic heterocycles. The summed E-state index contributed by atoms with van der Waals surface area (Å²) in [6.07, 6.45) is 5.18. The van der Waals surface area contributed by atoms with E-state index in [-0.39, 0.29) is 5.60 Å². The van der Waals surface area contributed by atoms with Crippen molar-refractivity contribution in [3.05, 3.63) is 35.0 Å². The minimum atomic E-state index is -0.238. The lowest BCUT2D eigenvalue weighted by Gasteiger charge is -2.45. The monoisotopic (exact) mass is 385 g/mol. The van der Waals surface area contributed by atoms with Gasteiger partial charge in [-0.2, -0.15) is 4.98 Å². The Kier molecular flexibility index (Phi) is 4.51. The first kappa shape index (κ1) is 17.9. The van der Waals surface area contributed by atoms with Crippen LogP contribution < -0.4 is 9.47 Å². The third-order valence-electron chi connectivity index (χ3n) is 6.30. The van der Waals surface area contributed by atoms with Gasteiger partial charge >= 0.3 is 0 Å². The van der Waals surface area contributed by atoms with Gasteiger partial charge in [-0.3, -0.25) is 4.90 Å². The number of rotatable bonds is 5. The van der Waals surface area contributed by atoms with Crippen LogP contribution >= 0.6 is 0 Å². The highest BCUT2D eigenvalue weighted by Gasteiger charge is 2.42. The molecular weight excluding hydrogens is 358 g/mol. The maximum Gasteiger partial charge on any atom is 0.240 e. The number of hydrogen-bond acceptors (Lipinski definition) is 7. The van der Waals surface area contributed by atoms with Crippen molar-refractivity contribution in [1.29, 1.82) is 0 Å². The van der Waals surface area contributed by atoms with Crippen molar-refractivity contribution >= 4 is 0 Å². The van der Waals surface area contributed by atoms with Gasteiger partial charge in [0.2, 0.25) is 5.89 Å². The minimum absolute atomic E-state index is 0.238. The molecule has 1 aliphatic carbocycles. The van der Waals surface area contributed by atoms with E-state index >= 15 is 0 Å². The average molecular weight is 385 g/mol. The molecule has 150 valence electrons. The number of methoxy groups -OCH3 is 2. The van der Waals surface area contributed by atoms with Crippen LogP contribution in [0.4, 0.5) is 0 Å². The summed E-state index contributed by atoms with van der Waals surface area (Å²) in [6, 6.07) is 4.23. The lowest BCUT2D eigenvalue weighted by atomic mass is 9.79. The zero-order valence-electron chi connectivity index (χ0n) is 16.6. The van der Waals surface area contributed by atoms with E-state index in [1.165, 1.54) is 24.0 Å². The van der Waals surface area contributed by atoms with Gasteiger partial charge in [0.25, 0.3) is 0 Å². The van der Waals surface area contributed by atoms with Crippen molar-refractivity contribution in [3.63, 3.8) is 0 Å². The second-order valence-corrected chi connectivity index (χ2v) is 8.05. The fraction of sp³-hybridized carbons (Fsp3) is 0.619. The van der Waals surface area contributed by atoms with Gasteiger partial charge in [0.15, 0.2) is 17.3 Å². The summed E-state index contributed by atoms with van der Waals surface area (Å²) in [4.78, 5) is 6.95. The van der Waals surface area contributed by atoms with Crippen molar-refractivity contribution in [1.82, 2.24) is 15.0 Å². The summed E-state index contributed by atoms with van der Waals surface area (Å²) >= 11 is 0. The van der Waals surface area contributed by atoms with Gasteiger partial charge in [-0.1, -0.05) is 5.16 Å². The number of benzene rings is 1. The number of piperidine rings is 1. The van der Waals surface area contributed by atoms with Crippen LogP contribution in [-0.2, 0) is 23.3 Å². The first-order valence-electron chi connectivity index (χ1n) is 10.1. The Labute approximate surface area is 165 Å². The molecule has 7 heteroatoms. The van der Waals surface area contributed by atoms with E-state index in [9.17, 15) is 0 Å². The largest absolute Gasteiger partial charge is 0.493 e. The molecule has 3 aliphatic rings. The van der Waals surface area contributed by atoms with Gasteiger partial charge < -0.3 is 18.7 Å². The summed E-state index contributed by atoms with van der Waals surface area (Å²) in [5, 5.41) is 4.13. The maximum absolute atomic E-state index is 6.37. The zero-order valence-corrected chi connectivity index (χ0v) is 16.6. The van der Waals surface area contributed by atoms with E-state index in [1.807, 2.05) is 0 Å². The average Bonchev–Trinajstić information content (AvgIpc) is 3.48. The molecule has 0 radical (unpaired) electrons. The quantitative estimate of drug-likeness (QED) is 0.783. The van der Waals surface area contributed by atoms with Gasteiger partial charge in [0, 0.05) is 19.0 Å². The molecule has 1 saturated heterocycles. The van der Waals surface area contributed by atoms with Crippen LogP contribution in [0.5, 0.6) is 11.5 Å². The predicted molar refractivity (Wildman–Crippen MR) is 102 cm³/mol. The zero-order chi connectivity index (χ0) is 19.1. The Balaban J connectivity index is 1.31. The smallest absolute Gasteiger partial charge is 0.240 e. The van der Waals surface area contributed by atoms with Crippen LogP contribution in [0.1, 0.15) is 54.4 Å². The molecule has 7 nitrogen and oxygen atoms in total. The molecular formula is C21H27N3O4. The fourth-order valence-corrected chi connectivity index (χ4v) is 4.50. The van der Waals surface area contributed by atoms with Gasteiger partial charge in [0.05, 0.1) is 33.0 Å². The van der Waals surface area contributed by atoms with Gasteiger partial charge in [-0.25, -0.2) is 0 Å². The number of likely N-dealkylation sites (tertiary alicyclic amines) is 1. The van der Waals surface area contributed by atoms with Crippen molar-refractivity contribution in [3.8, 4) is 11.5 Å². The molecule has 0 atom stereocenters. The van der Waals surface area contributed by atoms with Crippen molar-refractivity contribution < 1.29 is 18.7 Å². The van der Waals surface area contributed by atoms with Gasteiger partial charge in [-0.15, -0.1) is 0 Å². The minimum Gasteiger partial charge on any atom is -0.493 e. The van der Waals surface area contributed by atoms with Crippen LogP contribution in [0, 0.1) is 0 Å². The second kappa shape index (κ2) is 7.04. The Morgan fingerprint density at radius 1 is 1.14 bits per heavy atom. The van der Waals surface area contributed by atoms with Crippen LogP contribution in [0.25, 0.3) is 0 Å². The van der Waals surface area contributed by atoms with Crippen molar-refractivity contribution in [2.24, 2.45) is 0 Å². The molecule has 2 aromatic rings. The first-order valence-corrected chi connectivity index (χ1v) is 10.1. The van der Waals surface area contributed by atoms with Crippen molar-refractivity contribution in [2.75, 3.05) is 33.9 Å². The van der Waals surface area contributed by atoms with Gasteiger partial charge in [0.1, 0.15) is 0 Å². The Hall–Kier alpha value is -2.12. The second-order valence-electron chi connectivity index (χ2n) is 8.05. The molecule has 0 bridgehead atoms.